The van der Waals surface area contributed by atoms with E-state index < -0.39 is 5.41 Å². The molecule has 0 bridgehead atoms. The molecule has 0 aliphatic carbocycles. The minimum Gasteiger partial charge on any atom is -0.497 e. The Morgan fingerprint density at radius 1 is 1.24 bits per heavy atom. The number of hydrogen-bond donors (Lipinski definition) is 2. The van der Waals surface area contributed by atoms with Crippen LogP contribution in [0, 0.1) is 5.41 Å². The Morgan fingerprint density at radius 3 is 2.48 bits per heavy atom. The van der Waals surface area contributed by atoms with Gasteiger partial charge in [0.15, 0.2) is 0 Å². The van der Waals surface area contributed by atoms with E-state index in [1.54, 1.807) is 21.3 Å². The van der Waals surface area contributed by atoms with Crippen LogP contribution in [0.2, 0.25) is 0 Å². The van der Waals surface area contributed by atoms with Gasteiger partial charge in [0.2, 0.25) is 5.91 Å². The molecular weight excluding hydrogens is 344 g/mol. The van der Waals surface area contributed by atoms with Crippen LogP contribution in [0.25, 0.3) is 0 Å². The maximum Gasteiger partial charge on any atom is 0.229 e. The molecule has 0 saturated carbocycles. The smallest absolute Gasteiger partial charge is 0.229 e. The van der Waals surface area contributed by atoms with Crippen LogP contribution in [0.5, 0.6) is 11.5 Å². The quantitative estimate of drug-likeness (QED) is 0.768. The highest BCUT2D eigenvalue weighted by Gasteiger charge is 2.40. The Bertz CT molecular complexity index is 556. The summed E-state index contributed by atoms with van der Waals surface area (Å²) in [6.07, 6.45) is 1.54. The van der Waals surface area contributed by atoms with Crippen LogP contribution in [-0.4, -0.2) is 46.9 Å². The van der Waals surface area contributed by atoms with Gasteiger partial charge in [-0.05, 0) is 51.1 Å². The molecular formula is C18H29ClN2O4. The van der Waals surface area contributed by atoms with Crippen molar-refractivity contribution in [3.63, 3.8) is 0 Å². The summed E-state index contributed by atoms with van der Waals surface area (Å²) in [7, 11) is 4.89. The Kier molecular flexibility index (Phi) is 8.48. The summed E-state index contributed by atoms with van der Waals surface area (Å²) in [6.45, 7) is 4.04. The third-order valence-corrected chi connectivity index (χ3v) is 4.71. The number of rotatable bonds is 7. The van der Waals surface area contributed by atoms with E-state index in [0.29, 0.717) is 6.61 Å². The van der Waals surface area contributed by atoms with Crippen LogP contribution in [-0.2, 0) is 9.53 Å². The molecule has 0 aromatic heterocycles. The molecule has 2 N–H and O–H groups in total. The highest BCUT2D eigenvalue weighted by atomic mass is 35.5. The van der Waals surface area contributed by atoms with Crippen molar-refractivity contribution in [3.05, 3.63) is 23.8 Å². The maximum atomic E-state index is 13.0. The van der Waals surface area contributed by atoms with Crippen molar-refractivity contribution in [3.8, 4) is 11.5 Å². The molecule has 1 unspecified atom stereocenters. The van der Waals surface area contributed by atoms with Gasteiger partial charge >= 0.3 is 0 Å². The number of halogens is 1. The molecule has 1 aromatic rings. The Morgan fingerprint density at radius 2 is 1.92 bits per heavy atom. The summed E-state index contributed by atoms with van der Waals surface area (Å²) in [5, 5.41) is 6.43. The molecule has 1 saturated heterocycles. The monoisotopic (exact) mass is 372 g/mol. The molecule has 2 rings (SSSR count). The predicted molar refractivity (Wildman–Crippen MR) is 99.8 cm³/mol. The first-order valence-electron chi connectivity index (χ1n) is 8.29. The van der Waals surface area contributed by atoms with Crippen LogP contribution >= 0.6 is 12.4 Å². The summed E-state index contributed by atoms with van der Waals surface area (Å²) in [4.78, 5) is 13.0. The first kappa shape index (κ1) is 21.5. The lowest BCUT2D eigenvalue weighted by Crippen LogP contribution is -2.50. The van der Waals surface area contributed by atoms with Gasteiger partial charge in [0.05, 0.1) is 32.3 Å². The van der Waals surface area contributed by atoms with E-state index in [4.69, 9.17) is 14.2 Å². The summed E-state index contributed by atoms with van der Waals surface area (Å²) >= 11 is 0. The van der Waals surface area contributed by atoms with Crippen LogP contribution in [0.3, 0.4) is 0 Å². The zero-order chi connectivity index (χ0) is 17.6. The van der Waals surface area contributed by atoms with Gasteiger partial charge in [-0.3, -0.25) is 4.79 Å². The number of hydrogen-bond acceptors (Lipinski definition) is 5. The molecule has 1 amide bonds. The van der Waals surface area contributed by atoms with Crippen molar-refractivity contribution in [2.24, 2.45) is 5.41 Å². The number of carbonyl (C=O) groups is 1. The lowest BCUT2D eigenvalue weighted by Gasteiger charge is -2.36. The molecule has 0 spiro atoms. The van der Waals surface area contributed by atoms with Crippen LogP contribution in [0.15, 0.2) is 18.2 Å². The van der Waals surface area contributed by atoms with Gasteiger partial charge in [0.1, 0.15) is 11.5 Å². The number of piperidine rings is 1. The molecule has 1 aliphatic heterocycles. The van der Waals surface area contributed by atoms with Gasteiger partial charge in [-0.1, -0.05) is 0 Å². The zero-order valence-electron chi connectivity index (χ0n) is 15.4. The second-order valence-corrected chi connectivity index (χ2v) is 6.27. The van der Waals surface area contributed by atoms with E-state index in [2.05, 4.69) is 10.6 Å². The van der Waals surface area contributed by atoms with Crippen molar-refractivity contribution in [2.75, 3.05) is 41.0 Å². The lowest BCUT2D eigenvalue weighted by atomic mass is 9.78. The number of carbonyl (C=O) groups excluding carboxylic acids is 1. The van der Waals surface area contributed by atoms with Gasteiger partial charge in [0, 0.05) is 12.7 Å². The molecule has 7 heteroatoms. The van der Waals surface area contributed by atoms with Gasteiger partial charge in [-0.2, -0.15) is 0 Å². The predicted octanol–water partition coefficient (Wildman–Crippen LogP) is 2.32. The number of ether oxygens (including phenoxy) is 3. The second kappa shape index (κ2) is 9.85. The van der Waals surface area contributed by atoms with Gasteiger partial charge < -0.3 is 24.8 Å². The summed E-state index contributed by atoms with van der Waals surface area (Å²) in [5.74, 6) is 1.50. The molecule has 6 nitrogen and oxygen atoms in total. The molecule has 0 radical (unpaired) electrons. The van der Waals surface area contributed by atoms with Crippen LogP contribution in [0.1, 0.15) is 31.4 Å². The summed E-state index contributed by atoms with van der Waals surface area (Å²) in [6, 6.07) is 5.41. The van der Waals surface area contributed by atoms with Crippen molar-refractivity contribution in [2.45, 2.75) is 25.8 Å². The fraction of sp³-hybridized carbons (Fsp3) is 0.611. The normalized spacial score (nSPS) is 17.1. The lowest BCUT2D eigenvalue weighted by molar-refractivity contribution is -0.136. The van der Waals surface area contributed by atoms with Gasteiger partial charge in [-0.15, -0.1) is 12.4 Å². The zero-order valence-corrected chi connectivity index (χ0v) is 16.2. The third-order valence-electron chi connectivity index (χ3n) is 4.71. The van der Waals surface area contributed by atoms with Crippen molar-refractivity contribution in [1.29, 1.82) is 0 Å². The van der Waals surface area contributed by atoms with Crippen molar-refractivity contribution < 1.29 is 19.0 Å². The SMILES string of the molecule is COCC1(C(=O)NC(C)c2cc(OC)ccc2OC)CCNCC1.Cl. The van der Waals surface area contributed by atoms with E-state index in [9.17, 15) is 4.79 Å². The largest absolute Gasteiger partial charge is 0.497 e. The fourth-order valence-corrected chi connectivity index (χ4v) is 3.22. The Balaban J connectivity index is 0.00000312. The standard InChI is InChI=1S/C18H28N2O4.ClH/c1-13(15-11-14(23-3)5-6-16(15)24-4)20-17(21)18(12-22-2)7-9-19-10-8-18;/h5-6,11,13,19H,7-10,12H2,1-4H3,(H,20,21);1H. The van der Waals surface area contributed by atoms with Crippen LogP contribution in [0.4, 0.5) is 0 Å². The molecule has 25 heavy (non-hydrogen) atoms. The number of nitrogens with one attached hydrogen (secondary N) is 2. The van der Waals surface area contributed by atoms with Crippen molar-refractivity contribution in [1.82, 2.24) is 10.6 Å². The van der Waals surface area contributed by atoms with Gasteiger partial charge in [-0.25, -0.2) is 0 Å². The molecule has 1 fully saturated rings. The maximum absolute atomic E-state index is 13.0. The Labute approximate surface area is 156 Å². The van der Waals surface area contributed by atoms with E-state index in [0.717, 1.165) is 43.0 Å². The van der Waals surface area contributed by atoms with E-state index in [1.165, 1.54) is 0 Å². The van der Waals surface area contributed by atoms with E-state index in [-0.39, 0.29) is 24.4 Å². The second-order valence-electron chi connectivity index (χ2n) is 6.27. The average molecular weight is 373 g/mol. The number of amides is 1. The highest BCUT2D eigenvalue weighted by Crippen LogP contribution is 2.33. The third kappa shape index (κ3) is 5.00. The average Bonchev–Trinajstić information content (AvgIpc) is 2.62. The molecule has 142 valence electrons. The van der Waals surface area contributed by atoms with Gasteiger partial charge in [0.25, 0.3) is 0 Å². The van der Waals surface area contributed by atoms with Crippen LogP contribution < -0.4 is 20.1 Å². The first-order valence-corrected chi connectivity index (χ1v) is 8.29. The molecule has 1 atom stereocenters. The van der Waals surface area contributed by atoms with Crippen molar-refractivity contribution >= 4 is 18.3 Å². The van der Waals surface area contributed by atoms with E-state index >= 15 is 0 Å². The minimum absolute atomic E-state index is 0. The van der Waals surface area contributed by atoms with E-state index in [1.807, 2.05) is 25.1 Å². The summed E-state index contributed by atoms with van der Waals surface area (Å²) < 4.78 is 16.1. The first-order chi connectivity index (χ1) is 11.6. The molecule has 1 aromatic carbocycles. The topological polar surface area (TPSA) is 68.8 Å². The number of benzene rings is 1. The minimum atomic E-state index is -0.472. The highest BCUT2D eigenvalue weighted by molar-refractivity contribution is 5.85. The fourth-order valence-electron chi connectivity index (χ4n) is 3.22. The number of methoxy groups -OCH3 is 3. The molecule has 1 heterocycles. The summed E-state index contributed by atoms with van der Waals surface area (Å²) in [5.41, 5.74) is 0.423. The Hall–Kier alpha value is -1.50. The molecule has 1 aliphatic rings.